The Morgan fingerprint density at radius 3 is 2.59 bits per heavy atom. The lowest BCUT2D eigenvalue weighted by molar-refractivity contribution is -0.117. The summed E-state index contributed by atoms with van der Waals surface area (Å²) in [7, 11) is -0.675. The first-order valence-electron chi connectivity index (χ1n) is 7.93. The minimum atomic E-state index is -3.60. The summed E-state index contributed by atoms with van der Waals surface area (Å²) in [5.74, 6) is -0.189. The number of likely N-dealkylation sites (N-methyl/N-ethyl adjacent to an activating group) is 1. The average Bonchev–Trinajstić information content (AvgIpc) is 3.31. The Morgan fingerprint density at radius 1 is 1.30 bits per heavy atom. The van der Waals surface area contributed by atoms with Gasteiger partial charge in [-0.05, 0) is 31.7 Å². The number of aromatic nitrogens is 4. The van der Waals surface area contributed by atoms with Crippen molar-refractivity contribution in [3.8, 4) is 5.69 Å². The number of benzene rings is 1. The molecule has 1 amide bonds. The molecule has 0 aliphatic heterocycles. The molecule has 0 saturated heterocycles. The minimum absolute atomic E-state index is 0.108. The van der Waals surface area contributed by atoms with Crippen LogP contribution in [0.2, 0.25) is 0 Å². The molecule has 2 heterocycles. The molecule has 0 bridgehead atoms. The van der Waals surface area contributed by atoms with Gasteiger partial charge in [-0.25, -0.2) is 27.8 Å². The Kier molecular flexibility index (Phi) is 5.35. The Hall–Kier alpha value is -2.63. The van der Waals surface area contributed by atoms with Crippen LogP contribution in [0.3, 0.4) is 0 Å². The largest absolute Gasteiger partial charge is 0.291 e. The van der Waals surface area contributed by atoms with Crippen molar-refractivity contribution in [1.82, 2.24) is 24.5 Å². The van der Waals surface area contributed by atoms with E-state index in [4.69, 9.17) is 0 Å². The van der Waals surface area contributed by atoms with Crippen molar-refractivity contribution >= 4 is 32.4 Å². The second-order valence-electron chi connectivity index (χ2n) is 5.71. The Labute approximate surface area is 160 Å². The van der Waals surface area contributed by atoms with Gasteiger partial charge in [0.1, 0.15) is 12.7 Å². The normalized spacial score (nSPS) is 11.5. The van der Waals surface area contributed by atoms with E-state index in [1.807, 2.05) is 24.3 Å². The summed E-state index contributed by atoms with van der Waals surface area (Å²) in [5, 5.41) is 4.39. The van der Waals surface area contributed by atoms with Crippen LogP contribution in [0.25, 0.3) is 5.69 Å². The molecule has 2 aromatic heterocycles. The summed E-state index contributed by atoms with van der Waals surface area (Å²) in [6.45, 7) is 1.60. The molecule has 0 spiro atoms. The number of nitrogens with one attached hydrogen (secondary N) is 1. The van der Waals surface area contributed by atoms with Crippen molar-refractivity contribution < 1.29 is 13.2 Å². The number of carbonyl (C=O) groups excluding carboxylic acids is 1. The molecule has 0 aliphatic rings. The van der Waals surface area contributed by atoms with Crippen molar-refractivity contribution in [2.75, 3.05) is 19.0 Å². The van der Waals surface area contributed by atoms with Crippen LogP contribution in [0, 0.1) is 6.92 Å². The van der Waals surface area contributed by atoms with Gasteiger partial charge < -0.3 is 0 Å². The first kappa shape index (κ1) is 19.1. The van der Waals surface area contributed by atoms with E-state index in [1.54, 1.807) is 25.0 Å². The van der Waals surface area contributed by atoms with E-state index in [0.717, 1.165) is 22.6 Å². The van der Waals surface area contributed by atoms with Crippen molar-refractivity contribution in [2.45, 2.75) is 17.6 Å². The predicted octanol–water partition coefficient (Wildman–Crippen LogP) is 1.15. The molecular weight excluding hydrogens is 388 g/mol. The molecule has 3 aromatic rings. The van der Waals surface area contributed by atoms with Gasteiger partial charge in [-0.1, -0.05) is 23.5 Å². The fraction of sp³-hybridized carbons (Fsp3) is 0.250. The summed E-state index contributed by atoms with van der Waals surface area (Å²) in [4.78, 5) is 22.1. The summed E-state index contributed by atoms with van der Waals surface area (Å²) >= 11 is 0.964. The highest BCUT2D eigenvalue weighted by Crippen LogP contribution is 2.29. The first-order valence-corrected chi connectivity index (χ1v) is 10.2. The zero-order valence-electron chi connectivity index (χ0n) is 14.9. The number of hydrogen-bond acceptors (Lipinski definition) is 7. The number of aryl methyl sites for hydroxylation is 1. The SMILES string of the molecule is CNS(=O)(=O)c1sc(N(C)C(=O)Cc2ccc(-n3cncn3)cc2)nc1C. The highest BCUT2D eigenvalue weighted by molar-refractivity contribution is 7.91. The van der Waals surface area contributed by atoms with Crippen molar-refractivity contribution in [3.63, 3.8) is 0 Å². The number of nitrogens with zero attached hydrogens (tertiary/aromatic N) is 5. The Morgan fingerprint density at radius 2 is 2.00 bits per heavy atom. The molecule has 0 aliphatic carbocycles. The minimum Gasteiger partial charge on any atom is -0.291 e. The van der Waals surface area contributed by atoms with Gasteiger partial charge in [0.05, 0.1) is 17.8 Å². The summed E-state index contributed by atoms with van der Waals surface area (Å²) in [5.41, 5.74) is 2.03. The average molecular weight is 406 g/mol. The molecule has 142 valence electrons. The fourth-order valence-electron chi connectivity index (χ4n) is 2.36. The van der Waals surface area contributed by atoms with E-state index in [2.05, 4.69) is 19.8 Å². The number of sulfonamides is 1. The Balaban J connectivity index is 1.74. The van der Waals surface area contributed by atoms with Gasteiger partial charge in [0.25, 0.3) is 10.0 Å². The summed E-state index contributed by atoms with van der Waals surface area (Å²) < 4.78 is 28.0. The van der Waals surface area contributed by atoms with Gasteiger partial charge >= 0.3 is 0 Å². The van der Waals surface area contributed by atoms with Crippen LogP contribution < -0.4 is 9.62 Å². The van der Waals surface area contributed by atoms with Gasteiger partial charge in [0.2, 0.25) is 5.91 Å². The van der Waals surface area contributed by atoms with Crippen LogP contribution in [-0.2, 0) is 21.2 Å². The third kappa shape index (κ3) is 4.04. The number of carbonyl (C=O) groups is 1. The molecule has 1 aromatic carbocycles. The number of anilines is 1. The first-order chi connectivity index (χ1) is 12.8. The predicted molar refractivity (Wildman–Crippen MR) is 102 cm³/mol. The maximum atomic E-state index is 12.6. The lowest BCUT2D eigenvalue weighted by Crippen LogP contribution is -2.27. The lowest BCUT2D eigenvalue weighted by atomic mass is 10.1. The van der Waals surface area contributed by atoms with E-state index in [-0.39, 0.29) is 16.5 Å². The van der Waals surface area contributed by atoms with Gasteiger partial charge in [0, 0.05) is 7.05 Å². The molecule has 27 heavy (non-hydrogen) atoms. The molecule has 11 heteroatoms. The fourth-order valence-corrected chi connectivity index (χ4v) is 4.68. The zero-order valence-corrected chi connectivity index (χ0v) is 16.6. The van der Waals surface area contributed by atoms with E-state index >= 15 is 0 Å². The lowest BCUT2D eigenvalue weighted by Gasteiger charge is -2.13. The van der Waals surface area contributed by atoms with Crippen LogP contribution in [-0.4, -0.2) is 48.2 Å². The number of rotatable bonds is 6. The third-order valence-corrected chi connectivity index (χ3v) is 7.15. The van der Waals surface area contributed by atoms with Crippen LogP contribution in [0.15, 0.2) is 41.1 Å². The summed E-state index contributed by atoms with van der Waals surface area (Å²) in [6, 6.07) is 7.38. The zero-order chi connectivity index (χ0) is 19.6. The molecular formula is C16H18N6O3S2. The molecule has 0 saturated carbocycles. The summed E-state index contributed by atoms with van der Waals surface area (Å²) in [6.07, 6.45) is 3.21. The molecule has 0 fully saturated rings. The maximum absolute atomic E-state index is 12.6. The van der Waals surface area contributed by atoms with Crippen LogP contribution in [0.4, 0.5) is 5.13 Å². The molecule has 9 nitrogen and oxygen atoms in total. The Bertz CT molecular complexity index is 1040. The monoisotopic (exact) mass is 406 g/mol. The second-order valence-corrected chi connectivity index (χ2v) is 8.77. The standard InChI is InChI=1S/C16H18N6O3S2/c1-11-15(27(24,25)17-2)26-16(20-11)21(3)14(23)8-12-4-6-13(7-5-12)22-10-18-9-19-22/h4-7,9-10,17H,8H2,1-3H3. The second kappa shape index (κ2) is 7.55. The van der Waals surface area contributed by atoms with E-state index in [1.165, 1.54) is 18.3 Å². The van der Waals surface area contributed by atoms with Gasteiger partial charge in [-0.3, -0.25) is 9.69 Å². The van der Waals surface area contributed by atoms with E-state index < -0.39 is 10.0 Å². The highest BCUT2D eigenvalue weighted by Gasteiger charge is 2.23. The molecule has 0 radical (unpaired) electrons. The van der Waals surface area contributed by atoms with E-state index in [0.29, 0.717) is 10.8 Å². The number of amides is 1. The topological polar surface area (TPSA) is 110 Å². The van der Waals surface area contributed by atoms with Crippen LogP contribution in [0.5, 0.6) is 0 Å². The van der Waals surface area contributed by atoms with Crippen molar-refractivity contribution in [2.24, 2.45) is 0 Å². The van der Waals surface area contributed by atoms with Gasteiger partial charge in [-0.2, -0.15) is 5.10 Å². The molecule has 0 atom stereocenters. The van der Waals surface area contributed by atoms with E-state index in [9.17, 15) is 13.2 Å². The molecule has 3 rings (SSSR count). The van der Waals surface area contributed by atoms with Crippen LogP contribution >= 0.6 is 11.3 Å². The third-order valence-electron chi connectivity index (χ3n) is 3.89. The number of thiazole rings is 1. The van der Waals surface area contributed by atoms with Gasteiger partial charge in [0.15, 0.2) is 9.34 Å². The van der Waals surface area contributed by atoms with Crippen LogP contribution in [0.1, 0.15) is 11.3 Å². The van der Waals surface area contributed by atoms with Crippen molar-refractivity contribution in [1.29, 1.82) is 0 Å². The smallest absolute Gasteiger partial charge is 0.251 e. The number of hydrogen-bond donors (Lipinski definition) is 1. The maximum Gasteiger partial charge on any atom is 0.251 e. The molecule has 1 N–H and O–H groups in total. The van der Waals surface area contributed by atoms with Gasteiger partial charge in [-0.15, -0.1) is 0 Å². The quantitative estimate of drug-likeness (QED) is 0.657. The molecule has 0 unspecified atom stereocenters. The van der Waals surface area contributed by atoms with Crippen molar-refractivity contribution in [3.05, 3.63) is 48.2 Å². The highest BCUT2D eigenvalue weighted by atomic mass is 32.2.